The van der Waals surface area contributed by atoms with E-state index in [2.05, 4.69) is 32.6 Å². The van der Waals surface area contributed by atoms with E-state index in [1.807, 2.05) is 36.7 Å². The second-order valence-electron chi connectivity index (χ2n) is 4.01. The second-order valence-corrected chi connectivity index (χ2v) is 4.01. The fraction of sp³-hybridized carbons (Fsp3) is 0.333. The van der Waals surface area contributed by atoms with Gasteiger partial charge in [-0.3, -0.25) is 9.99 Å². The predicted molar refractivity (Wildman–Crippen MR) is 70.9 cm³/mol. The molecule has 0 radical (unpaired) electrons. The molecule has 0 aromatic carbocycles. The summed E-state index contributed by atoms with van der Waals surface area (Å²) in [4.78, 5) is 4.25. The highest BCUT2D eigenvalue weighted by molar-refractivity contribution is 5.79. The number of anilines is 1. The van der Waals surface area contributed by atoms with Gasteiger partial charge in [0.15, 0.2) is 11.6 Å². The number of aromatic nitrogens is 4. The van der Waals surface area contributed by atoms with Gasteiger partial charge in [-0.2, -0.15) is 5.10 Å². The van der Waals surface area contributed by atoms with Gasteiger partial charge in [-0.15, -0.1) is 10.2 Å². The molecule has 0 saturated heterocycles. The quantitative estimate of drug-likeness (QED) is 0.660. The third-order valence-corrected chi connectivity index (χ3v) is 2.32. The molecule has 2 heterocycles. The first-order valence-corrected chi connectivity index (χ1v) is 5.84. The van der Waals surface area contributed by atoms with Crippen LogP contribution in [0.1, 0.15) is 26.6 Å². The molecule has 0 amide bonds. The van der Waals surface area contributed by atoms with Gasteiger partial charge in [-0.25, -0.2) is 4.98 Å². The Bertz CT molecular complexity index is 536. The van der Waals surface area contributed by atoms with Crippen LogP contribution in [0.4, 0.5) is 5.82 Å². The van der Waals surface area contributed by atoms with Crippen LogP contribution in [0.3, 0.4) is 0 Å². The van der Waals surface area contributed by atoms with Gasteiger partial charge in [0.25, 0.3) is 0 Å². The summed E-state index contributed by atoms with van der Waals surface area (Å²) in [6.07, 6.45) is 4.50. The van der Waals surface area contributed by atoms with Crippen molar-refractivity contribution in [2.24, 2.45) is 5.10 Å². The molecule has 0 bridgehead atoms. The molecule has 6 nitrogen and oxygen atoms in total. The standard InChI is InChI=1S/C12H16N6/c1-4-11-13-7-8-18(11)12-6-5-10(16-17-12)15-14-9(2)3/h5-8H,4H2,1-3H3,(H,15,16). The average Bonchev–Trinajstić information content (AvgIpc) is 2.85. The number of rotatable bonds is 4. The van der Waals surface area contributed by atoms with E-state index >= 15 is 0 Å². The Morgan fingerprint density at radius 2 is 2.17 bits per heavy atom. The fourth-order valence-electron chi connectivity index (χ4n) is 1.49. The molecule has 2 aromatic heterocycles. The van der Waals surface area contributed by atoms with Gasteiger partial charge in [-0.05, 0) is 26.0 Å². The molecule has 94 valence electrons. The van der Waals surface area contributed by atoms with E-state index < -0.39 is 0 Å². The lowest BCUT2D eigenvalue weighted by Crippen LogP contribution is -2.04. The van der Waals surface area contributed by atoms with Crippen LogP contribution in [-0.4, -0.2) is 25.5 Å². The molecular weight excluding hydrogens is 228 g/mol. The van der Waals surface area contributed by atoms with Crippen LogP contribution in [0, 0.1) is 0 Å². The molecule has 2 aromatic rings. The van der Waals surface area contributed by atoms with Crippen LogP contribution in [0.15, 0.2) is 29.6 Å². The van der Waals surface area contributed by atoms with E-state index in [1.165, 1.54) is 0 Å². The van der Waals surface area contributed by atoms with Crippen molar-refractivity contribution in [3.05, 3.63) is 30.4 Å². The summed E-state index contributed by atoms with van der Waals surface area (Å²) in [6.45, 7) is 5.88. The average molecular weight is 244 g/mol. The van der Waals surface area contributed by atoms with Crippen molar-refractivity contribution in [2.75, 3.05) is 5.43 Å². The summed E-state index contributed by atoms with van der Waals surface area (Å²) in [5.41, 5.74) is 3.77. The van der Waals surface area contributed by atoms with Crippen LogP contribution in [-0.2, 0) is 6.42 Å². The number of nitrogens with zero attached hydrogens (tertiary/aromatic N) is 5. The molecule has 0 spiro atoms. The van der Waals surface area contributed by atoms with Gasteiger partial charge in [0, 0.05) is 24.5 Å². The third-order valence-electron chi connectivity index (χ3n) is 2.32. The first-order valence-electron chi connectivity index (χ1n) is 5.84. The number of aryl methyl sites for hydroxylation is 1. The predicted octanol–water partition coefficient (Wildman–Crippen LogP) is 2.03. The zero-order valence-corrected chi connectivity index (χ0v) is 10.8. The largest absolute Gasteiger partial charge is 0.286 e. The zero-order chi connectivity index (χ0) is 13.0. The fourth-order valence-corrected chi connectivity index (χ4v) is 1.49. The van der Waals surface area contributed by atoms with Gasteiger partial charge >= 0.3 is 0 Å². The Labute approximate surface area is 106 Å². The summed E-state index contributed by atoms with van der Waals surface area (Å²) in [7, 11) is 0. The Morgan fingerprint density at radius 1 is 1.33 bits per heavy atom. The molecule has 18 heavy (non-hydrogen) atoms. The smallest absolute Gasteiger partial charge is 0.168 e. The lowest BCUT2D eigenvalue weighted by Gasteiger charge is -2.05. The molecule has 1 N–H and O–H groups in total. The Balaban J connectivity index is 2.20. The van der Waals surface area contributed by atoms with Crippen molar-refractivity contribution in [1.82, 2.24) is 19.7 Å². The van der Waals surface area contributed by atoms with E-state index in [-0.39, 0.29) is 0 Å². The summed E-state index contributed by atoms with van der Waals surface area (Å²) in [6, 6.07) is 3.73. The molecule has 0 aliphatic heterocycles. The SMILES string of the molecule is CCc1nccn1-c1ccc(NN=C(C)C)nn1. The van der Waals surface area contributed by atoms with E-state index in [0.717, 1.165) is 23.8 Å². The molecular formula is C12H16N6. The number of hydrogen-bond acceptors (Lipinski definition) is 5. The van der Waals surface area contributed by atoms with E-state index in [9.17, 15) is 0 Å². The van der Waals surface area contributed by atoms with Crippen molar-refractivity contribution in [3.63, 3.8) is 0 Å². The van der Waals surface area contributed by atoms with E-state index in [0.29, 0.717) is 5.82 Å². The molecule has 2 rings (SSSR count). The highest BCUT2D eigenvalue weighted by Gasteiger charge is 2.04. The van der Waals surface area contributed by atoms with Gasteiger partial charge in [0.05, 0.1) is 0 Å². The van der Waals surface area contributed by atoms with Gasteiger partial charge in [0.1, 0.15) is 5.82 Å². The Hall–Kier alpha value is -2.24. The highest BCUT2D eigenvalue weighted by atomic mass is 15.4. The van der Waals surface area contributed by atoms with Crippen molar-refractivity contribution in [1.29, 1.82) is 0 Å². The minimum Gasteiger partial charge on any atom is -0.286 e. The minimum atomic E-state index is 0.623. The van der Waals surface area contributed by atoms with Crippen LogP contribution < -0.4 is 5.43 Å². The summed E-state index contributed by atoms with van der Waals surface area (Å²) in [5, 5.41) is 12.3. The molecule has 0 aliphatic carbocycles. The molecule has 0 atom stereocenters. The van der Waals surface area contributed by atoms with Crippen LogP contribution in [0.25, 0.3) is 5.82 Å². The van der Waals surface area contributed by atoms with Crippen LogP contribution in [0.2, 0.25) is 0 Å². The minimum absolute atomic E-state index is 0.623. The summed E-state index contributed by atoms with van der Waals surface area (Å²) in [5.74, 6) is 2.35. The summed E-state index contributed by atoms with van der Waals surface area (Å²) >= 11 is 0. The maximum absolute atomic E-state index is 4.25. The first kappa shape index (κ1) is 12.2. The first-order chi connectivity index (χ1) is 8.70. The Morgan fingerprint density at radius 3 is 2.78 bits per heavy atom. The van der Waals surface area contributed by atoms with Gasteiger partial charge < -0.3 is 0 Å². The van der Waals surface area contributed by atoms with E-state index in [4.69, 9.17) is 0 Å². The van der Waals surface area contributed by atoms with E-state index in [1.54, 1.807) is 6.20 Å². The number of hydrazone groups is 1. The number of imidazole rings is 1. The maximum Gasteiger partial charge on any atom is 0.168 e. The normalized spacial score (nSPS) is 10.2. The lowest BCUT2D eigenvalue weighted by atomic mass is 10.4. The molecule has 0 saturated carbocycles. The van der Waals surface area contributed by atoms with Crippen LogP contribution >= 0.6 is 0 Å². The topological polar surface area (TPSA) is 68.0 Å². The lowest BCUT2D eigenvalue weighted by molar-refractivity contribution is 0.839. The molecule has 0 fully saturated rings. The number of nitrogens with one attached hydrogen (secondary N) is 1. The zero-order valence-electron chi connectivity index (χ0n) is 10.8. The molecule has 6 heteroatoms. The van der Waals surface area contributed by atoms with Gasteiger partial charge in [-0.1, -0.05) is 6.92 Å². The van der Waals surface area contributed by atoms with Crippen molar-refractivity contribution >= 4 is 11.5 Å². The monoisotopic (exact) mass is 244 g/mol. The van der Waals surface area contributed by atoms with Crippen molar-refractivity contribution in [2.45, 2.75) is 27.2 Å². The van der Waals surface area contributed by atoms with Crippen LogP contribution in [0.5, 0.6) is 0 Å². The Kier molecular flexibility index (Phi) is 3.66. The van der Waals surface area contributed by atoms with Crippen molar-refractivity contribution in [3.8, 4) is 5.82 Å². The molecule has 0 unspecified atom stereocenters. The number of hydrogen-bond donors (Lipinski definition) is 1. The molecule has 0 aliphatic rings. The van der Waals surface area contributed by atoms with Crippen molar-refractivity contribution < 1.29 is 0 Å². The summed E-state index contributed by atoms with van der Waals surface area (Å²) < 4.78 is 1.92. The van der Waals surface area contributed by atoms with Gasteiger partial charge in [0.2, 0.25) is 0 Å². The highest BCUT2D eigenvalue weighted by Crippen LogP contribution is 2.09. The second kappa shape index (κ2) is 5.39. The third kappa shape index (κ3) is 2.71. The maximum atomic E-state index is 4.25.